The number of likely N-dealkylation sites (tertiary alicyclic amines) is 1. The summed E-state index contributed by atoms with van der Waals surface area (Å²) in [6.07, 6.45) is -10.9. The van der Waals surface area contributed by atoms with Crippen molar-refractivity contribution in [2.24, 2.45) is 34.6 Å². The highest BCUT2D eigenvalue weighted by Crippen LogP contribution is 2.33. The lowest BCUT2D eigenvalue weighted by Gasteiger charge is -2.47. The molecule has 0 aromatic rings. The van der Waals surface area contributed by atoms with Gasteiger partial charge in [0.2, 0.25) is 5.91 Å². The number of halogens is 2. The summed E-state index contributed by atoms with van der Waals surface area (Å²) in [4.78, 5) is 14.9. The summed E-state index contributed by atoms with van der Waals surface area (Å²) in [7, 11) is -3.23. The van der Waals surface area contributed by atoms with Crippen molar-refractivity contribution in [3.05, 3.63) is 0 Å². The molecule has 0 unspecified atom stereocenters. The second-order valence-corrected chi connectivity index (χ2v) is 19.4. The van der Waals surface area contributed by atoms with Crippen LogP contribution in [0.3, 0.4) is 0 Å². The third-order valence-electron chi connectivity index (χ3n) is 12.0. The number of thioether (sulfide) groups is 1. The molecule has 5 fully saturated rings. The van der Waals surface area contributed by atoms with Crippen LogP contribution in [0.2, 0.25) is 0 Å². The van der Waals surface area contributed by atoms with Crippen LogP contribution in [0, 0.1) is 5.92 Å². The Morgan fingerprint density at radius 1 is 0.862 bits per heavy atom. The molecule has 4 heterocycles. The first-order valence-electron chi connectivity index (χ1n) is 21.0. The predicted octanol–water partition coefficient (Wildman–Crippen LogP) is -6.82. The standard InChI is InChI=1S/C18H33ClN2O5S.C18H37N5O9.ClH.H2O4S/c1-5-6-10-7-11(21(3)8-10)17(25)20-12(9(2)19)16-14(23)13(22)15(24)18(26-16)27-4;19-3-9-8(25)2-7(22)17(29-9)31-15-5(20)1-6(21)16(14(15)28)32-18-13(27)11(23)12(26)10(4-24)30-18;;1-5(2,3)4/h9-16,18,22-24H,5-8H2,1-4H3,(H,20,25);5-18,24-28H,1-4,19-23H2;1H;(H2,1,2,3,4)/p-2/t9-,10+,11-,12+,13-,14+,15+,16+,18+;5-,6+,7+,8-,9+,10+,11-,12+,13+,14-,15+,16-,17+,18+;;/m00../s1. The minimum atomic E-state index is -5.17. The van der Waals surface area contributed by atoms with Crippen LogP contribution in [-0.4, -0.2) is 235 Å². The van der Waals surface area contributed by atoms with Crippen LogP contribution >= 0.6 is 35.8 Å². The van der Waals surface area contributed by atoms with Gasteiger partial charge in [0.05, 0.1) is 48.4 Å². The lowest BCUT2D eigenvalue weighted by Crippen LogP contribution is -2.68. The van der Waals surface area contributed by atoms with Crippen molar-refractivity contribution in [1.29, 1.82) is 0 Å². The van der Waals surface area contributed by atoms with Gasteiger partial charge in [0, 0.05) is 35.6 Å². The van der Waals surface area contributed by atoms with E-state index in [2.05, 4.69) is 12.2 Å². The number of likely N-dealkylation sites (N-methyl/N-ethyl adjacent to an activating group) is 1. The van der Waals surface area contributed by atoms with E-state index in [0.29, 0.717) is 5.92 Å². The molecule has 1 aliphatic carbocycles. The van der Waals surface area contributed by atoms with Crippen LogP contribution in [0.1, 0.15) is 46.0 Å². The SMILES string of the molecule is CCC[C@@H]1C[C@@H](C(=O)N[C@@H]([C@H]2O[C@H](SC)[C@H](O)[C@@H](O)[C@H]2O)[C@H](C)Cl)N(C)C1.Cl.NC[C@H]1O[C@H](O[C@H]2[C@H](O)[C@@H](O[C@H]3O[C@H](CO)[C@@H](O)[C@H](N)[C@H]3O)[C@H](N)C[C@@H]2N)[C@H](N)C[C@@H]1O.O=S(=O)([O-])[O-]. The highest BCUT2D eigenvalue weighted by molar-refractivity contribution is 7.99. The predicted molar refractivity (Wildman–Crippen MR) is 233 cm³/mol. The topological polar surface area (TPSA) is 451 Å². The smallest absolute Gasteiger partial charge is 0.237 e. The van der Waals surface area contributed by atoms with Gasteiger partial charge in [-0.3, -0.25) is 18.1 Å². The third kappa shape index (κ3) is 16.5. The Hall–Kier alpha value is -0.490. The molecule has 0 radical (unpaired) electrons. The number of carbonyl (C=O) groups is 1. The number of nitrogens with one attached hydrogen (secondary N) is 1. The van der Waals surface area contributed by atoms with E-state index in [-0.39, 0.29) is 43.7 Å². The number of alkyl halides is 1. The molecule has 0 aromatic carbocycles. The van der Waals surface area contributed by atoms with Crippen LogP contribution in [0.4, 0.5) is 0 Å². The molecule has 5 aliphatic rings. The summed E-state index contributed by atoms with van der Waals surface area (Å²) >= 11 is 7.55. The number of carbonyl (C=O) groups excluding carboxylic acids is 1. The Morgan fingerprint density at radius 2 is 1.42 bits per heavy atom. The average molecular weight is 1030 g/mol. The second-order valence-electron chi connectivity index (χ2n) is 16.9. The van der Waals surface area contributed by atoms with E-state index in [1.165, 1.54) is 11.8 Å². The Morgan fingerprint density at radius 3 is 1.92 bits per heavy atom. The number of aliphatic hydroxyl groups excluding tert-OH is 8. The van der Waals surface area contributed by atoms with Crippen molar-refractivity contribution < 1.29 is 86.9 Å². The van der Waals surface area contributed by atoms with Crippen LogP contribution in [0.25, 0.3) is 0 Å². The van der Waals surface area contributed by atoms with E-state index >= 15 is 0 Å². The molecule has 0 aromatic heterocycles. The first-order valence-corrected chi connectivity index (χ1v) is 24.1. The van der Waals surface area contributed by atoms with Crippen LogP contribution < -0.4 is 34.0 Å². The number of hydrogen-bond donors (Lipinski definition) is 14. The summed E-state index contributed by atoms with van der Waals surface area (Å²) in [6, 6.07) is -4.20. The van der Waals surface area contributed by atoms with Gasteiger partial charge >= 0.3 is 0 Å². The van der Waals surface area contributed by atoms with E-state index in [1.807, 2.05) is 11.9 Å². The molecule has 386 valence electrons. The van der Waals surface area contributed by atoms with Gasteiger partial charge in [0.1, 0.15) is 66.5 Å². The molecular weight excluding hydrogens is 953 g/mol. The fourth-order valence-corrected chi connectivity index (χ4v) is 9.43. The van der Waals surface area contributed by atoms with Gasteiger partial charge in [-0.05, 0) is 51.8 Å². The number of rotatable bonds is 13. The van der Waals surface area contributed by atoms with Crippen molar-refractivity contribution in [2.75, 3.05) is 33.0 Å². The number of nitrogens with two attached hydrogens (primary N) is 5. The van der Waals surface area contributed by atoms with Crippen molar-refractivity contribution in [1.82, 2.24) is 10.2 Å². The van der Waals surface area contributed by atoms with Crippen molar-refractivity contribution in [3.63, 3.8) is 0 Å². The maximum atomic E-state index is 12.9. The van der Waals surface area contributed by atoms with Crippen LogP contribution in [0.15, 0.2) is 0 Å². The largest absolute Gasteiger partial charge is 0.759 e. The summed E-state index contributed by atoms with van der Waals surface area (Å²) in [5.41, 5.74) is 29.1. The summed E-state index contributed by atoms with van der Waals surface area (Å²) in [5, 5.41) is 83.7. The number of nitrogens with zero attached hydrogens (tertiary/aromatic N) is 1. The quantitative estimate of drug-likeness (QED) is 0.0463. The molecule has 29 heteroatoms. The average Bonchev–Trinajstić information content (AvgIpc) is 3.59. The third-order valence-corrected chi connectivity index (χ3v) is 13.2. The van der Waals surface area contributed by atoms with E-state index in [4.69, 9.17) is 81.5 Å². The summed E-state index contributed by atoms with van der Waals surface area (Å²) < 4.78 is 62.6. The minimum absolute atomic E-state index is 0. The molecule has 25 nitrogen and oxygen atoms in total. The van der Waals surface area contributed by atoms with Crippen molar-refractivity contribution in [2.45, 2.75) is 179 Å². The van der Waals surface area contributed by atoms with Crippen LogP contribution in [0.5, 0.6) is 0 Å². The van der Waals surface area contributed by atoms with Gasteiger partial charge in [0.15, 0.2) is 12.6 Å². The minimum Gasteiger partial charge on any atom is -0.759 e. The molecule has 0 spiro atoms. The van der Waals surface area contributed by atoms with E-state index in [0.717, 1.165) is 25.8 Å². The van der Waals surface area contributed by atoms with Gasteiger partial charge in [0.25, 0.3) is 0 Å². The molecule has 4 aliphatic heterocycles. The zero-order chi connectivity index (χ0) is 48.5. The van der Waals surface area contributed by atoms with Crippen molar-refractivity contribution in [3.8, 4) is 0 Å². The summed E-state index contributed by atoms with van der Waals surface area (Å²) in [5.74, 6) is 0.350. The molecule has 19 N–H and O–H groups in total. The molecule has 5 rings (SSSR count). The first-order chi connectivity index (χ1) is 29.8. The van der Waals surface area contributed by atoms with Gasteiger partial charge in [-0.1, -0.05) is 13.3 Å². The fraction of sp³-hybridized carbons (Fsp3) is 0.972. The van der Waals surface area contributed by atoms with Crippen molar-refractivity contribution >= 4 is 52.1 Å². The zero-order valence-corrected chi connectivity index (χ0v) is 39.7. The maximum absolute atomic E-state index is 12.9. The van der Waals surface area contributed by atoms with E-state index in [9.17, 15) is 45.6 Å². The molecule has 1 saturated carbocycles. The van der Waals surface area contributed by atoms with Crippen LogP contribution in [-0.2, 0) is 38.9 Å². The Kier molecular flexibility index (Phi) is 25.4. The van der Waals surface area contributed by atoms with Gasteiger partial charge in [-0.15, -0.1) is 35.8 Å². The van der Waals surface area contributed by atoms with Gasteiger partial charge < -0.3 is 108 Å². The Bertz CT molecular complexity index is 1520. The molecule has 1 amide bonds. The summed E-state index contributed by atoms with van der Waals surface area (Å²) in [6.45, 7) is 4.24. The Labute approximate surface area is 394 Å². The lowest BCUT2D eigenvalue weighted by atomic mass is 9.84. The normalized spacial score (nSPS) is 43.4. The fourth-order valence-electron chi connectivity index (χ4n) is 8.54. The van der Waals surface area contributed by atoms with Gasteiger partial charge in [-0.25, -0.2) is 0 Å². The monoisotopic (exact) mass is 1020 g/mol. The van der Waals surface area contributed by atoms with Gasteiger partial charge in [-0.2, -0.15) is 0 Å². The second kappa shape index (κ2) is 27.2. The molecule has 4 saturated heterocycles. The number of aliphatic hydroxyl groups is 8. The molecule has 23 atom stereocenters. The lowest BCUT2D eigenvalue weighted by molar-refractivity contribution is -0.314. The van der Waals surface area contributed by atoms with E-state index in [1.54, 1.807) is 13.2 Å². The number of amides is 1. The number of ether oxygens (including phenoxy) is 5. The highest BCUT2D eigenvalue weighted by Gasteiger charge is 2.51. The zero-order valence-electron chi connectivity index (χ0n) is 36.5. The number of hydrogen-bond acceptors (Lipinski definition) is 25. The molecule has 0 bridgehead atoms. The Balaban J connectivity index is 0.000000403. The molecule has 65 heavy (non-hydrogen) atoms. The highest BCUT2D eigenvalue weighted by atomic mass is 35.5. The maximum Gasteiger partial charge on any atom is 0.237 e. The van der Waals surface area contributed by atoms with E-state index < -0.39 is 144 Å². The molecular formula is C36H71Cl2N7O18S2-2. The first kappa shape index (κ1) is 60.6.